The molecule has 1 saturated heterocycles. The average Bonchev–Trinajstić information content (AvgIpc) is 2.74. The molecule has 0 N–H and O–H groups in total. The van der Waals surface area contributed by atoms with E-state index in [-0.39, 0.29) is 17.3 Å². The van der Waals surface area contributed by atoms with Crippen LogP contribution >= 0.6 is 0 Å². The number of rotatable bonds is 3. The normalized spacial score (nSPS) is 20.0. The average molecular weight is 226 g/mol. The quantitative estimate of drug-likeness (QED) is 0.740. The molecule has 1 aliphatic heterocycles. The second-order valence-corrected chi connectivity index (χ2v) is 3.99. The number of hydrogen-bond donors (Lipinski definition) is 0. The lowest BCUT2D eigenvalue weighted by atomic mass is 9.98. The summed E-state index contributed by atoms with van der Waals surface area (Å²) < 4.78 is 30.7. The molecule has 86 valence electrons. The highest BCUT2D eigenvalue weighted by atomic mass is 19.2. The van der Waals surface area contributed by atoms with Crippen LogP contribution in [0, 0.1) is 17.6 Å². The van der Waals surface area contributed by atoms with Gasteiger partial charge in [-0.05, 0) is 30.5 Å². The summed E-state index contributed by atoms with van der Waals surface area (Å²) in [5.41, 5.74) is 0.228. The zero-order valence-electron chi connectivity index (χ0n) is 8.71. The van der Waals surface area contributed by atoms with Crippen LogP contribution in [0.1, 0.15) is 23.2 Å². The molecule has 4 heteroatoms. The molecular weight excluding hydrogens is 214 g/mol. The van der Waals surface area contributed by atoms with Crippen molar-refractivity contribution in [3.63, 3.8) is 0 Å². The predicted molar refractivity (Wildman–Crippen MR) is 54.2 cm³/mol. The predicted octanol–water partition coefficient (Wildman–Crippen LogP) is 2.57. The van der Waals surface area contributed by atoms with Gasteiger partial charge in [0.15, 0.2) is 17.4 Å². The highest BCUT2D eigenvalue weighted by molar-refractivity contribution is 5.96. The Bertz CT molecular complexity index is 398. The maximum Gasteiger partial charge on any atom is 0.163 e. The van der Waals surface area contributed by atoms with Crippen LogP contribution < -0.4 is 0 Å². The number of hydrogen-bond acceptors (Lipinski definition) is 2. The molecule has 2 rings (SSSR count). The molecule has 1 aromatic carbocycles. The molecular formula is C12H12F2O2. The number of carbonyl (C=O) groups excluding carboxylic acids is 1. The summed E-state index contributed by atoms with van der Waals surface area (Å²) in [6.45, 7) is 1.26. The molecule has 0 bridgehead atoms. The van der Waals surface area contributed by atoms with Gasteiger partial charge < -0.3 is 4.74 Å². The topological polar surface area (TPSA) is 26.3 Å². The van der Waals surface area contributed by atoms with Gasteiger partial charge in [0, 0.05) is 25.2 Å². The lowest BCUT2D eigenvalue weighted by Gasteiger charge is -2.06. The van der Waals surface area contributed by atoms with E-state index in [4.69, 9.17) is 4.74 Å². The van der Waals surface area contributed by atoms with Crippen molar-refractivity contribution in [2.45, 2.75) is 12.8 Å². The van der Waals surface area contributed by atoms with Gasteiger partial charge in [0.2, 0.25) is 0 Å². The van der Waals surface area contributed by atoms with Crippen LogP contribution in [-0.2, 0) is 4.74 Å². The van der Waals surface area contributed by atoms with E-state index in [2.05, 4.69) is 0 Å². The summed E-state index contributed by atoms with van der Waals surface area (Å²) in [5.74, 6) is -1.86. The van der Waals surface area contributed by atoms with Crippen molar-refractivity contribution >= 4 is 5.78 Å². The SMILES string of the molecule is O=C(CC1CCOC1)c1ccc(F)c(F)c1. The van der Waals surface area contributed by atoms with Crippen LogP contribution in [0.5, 0.6) is 0 Å². The smallest absolute Gasteiger partial charge is 0.163 e. The standard InChI is InChI=1S/C12H12F2O2/c13-10-2-1-9(6-11(10)14)12(15)5-8-3-4-16-7-8/h1-2,6,8H,3-5,7H2. The Kier molecular flexibility index (Phi) is 3.29. The minimum Gasteiger partial charge on any atom is -0.381 e. The first kappa shape index (κ1) is 11.2. The first-order valence-electron chi connectivity index (χ1n) is 5.23. The van der Waals surface area contributed by atoms with Gasteiger partial charge in [-0.1, -0.05) is 0 Å². The van der Waals surface area contributed by atoms with Crippen LogP contribution in [0.15, 0.2) is 18.2 Å². The van der Waals surface area contributed by atoms with Gasteiger partial charge in [0.1, 0.15) is 0 Å². The molecule has 16 heavy (non-hydrogen) atoms. The molecule has 0 aromatic heterocycles. The van der Waals surface area contributed by atoms with Crippen molar-refractivity contribution in [1.82, 2.24) is 0 Å². The van der Waals surface area contributed by atoms with Crippen LogP contribution in [-0.4, -0.2) is 19.0 Å². The molecule has 1 aliphatic rings. The van der Waals surface area contributed by atoms with Gasteiger partial charge >= 0.3 is 0 Å². The Morgan fingerprint density at radius 2 is 2.19 bits per heavy atom. The molecule has 1 fully saturated rings. The second-order valence-electron chi connectivity index (χ2n) is 3.99. The van der Waals surface area contributed by atoms with Crippen molar-refractivity contribution in [3.05, 3.63) is 35.4 Å². The summed E-state index contributed by atoms with van der Waals surface area (Å²) in [6, 6.07) is 3.25. The third-order valence-electron chi connectivity index (χ3n) is 2.74. The fourth-order valence-electron chi connectivity index (χ4n) is 1.79. The van der Waals surface area contributed by atoms with Crippen molar-refractivity contribution < 1.29 is 18.3 Å². The van der Waals surface area contributed by atoms with Crippen LogP contribution in [0.2, 0.25) is 0 Å². The van der Waals surface area contributed by atoms with Gasteiger partial charge in [-0.25, -0.2) is 8.78 Å². The summed E-state index contributed by atoms with van der Waals surface area (Å²) in [7, 11) is 0. The van der Waals surface area contributed by atoms with Crippen LogP contribution in [0.4, 0.5) is 8.78 Å². The molecule has 1 heterocycles. The van der Waals surface area contributed by atoms with E-state index in [0.29, 0.717) is 19.6 Å². The molecule has 1 aromatic rings. The molecule has 2 nitrogen and oxygen atoms in total. The highest BCUT2D eigenvalue weighted by Gasteiger charge is 2.20. The van der Waals surface area contributed by atoms with Crippen LogP contribution in [0.25, 0.3) is 0 Å². The highest BCUT2D eigenvalue weighted by Crippen LogP contribution is 2.19. The van der Waals surface area contributed by atoms with Gasteiger partial charge in [0.25, 0.3) is 0 Å². The molecule has 0 amide bonds. The summed E-state index contributed by atoms with van der Waals surface area (Å²) >= 11 is 0. The molecule has 0 radical (unpaired) electrons. The number of halogens is 2. The third kappa shape index (κ3) is 2.44. The van der Waals surface area contributed by atoms with E-state index in [1.807, 2.05) is 0 Å². The third-order valence-corrected chi connectivity index (χ3v) is 2.74. The molecule has 0 saturated carbocycles. The van der Waals surface area contributed by atoms with Crippen LogP contribution in [0.3, 0.4) is 0 Å². The number of carbonyl (C=O) groups is 1. The van der Waals surface area contributed by atoms with E-state index in [1.165, 1.54) is 6.07 Å². The van der Waals surface area contributed by atoms with Gasteiger partial charge in [-0.3, -0.25) is 4.79 Å². The molecule has 0 aliphatic carbocycles. The lowest BCUT2D eigenvalue weighted by molar-refractivity contribution is 0.0952. The zero-order chi connectivity index (χ0) is 11.5. The van der Waals surface area contributed by atoms with E-state index in [0.717, 1.165) is 18.6 Å². The Labute approximate surface area is 92.2 Å². The van der Waals surface area contributed by atoms with Crippen molar-refractivity contribution in [3.8, 4) is 0 Å². The monoisotopic (exact) mass is 226 g/mol. The van der Waals surface area contributed by atoms with E-state index < -0.39 is 11.6 Å². The minimum absolute atomic E-state index is 0.158. The summed E-state index contributed by atoms with van der Waals surface area (Å²) in [6.07, 6.45) is 1.19. The van der Waals surface area contributed by atoms with E-state index in [1.54, 1.807) is 0 Å². The zero-order valence-corrected chi connectivity index (χ0v) is 8.71. The van der Waals surface area contributed by atoms with Gasteiger partial charge in [-0.15, -0.1) is 0 Å². The van der Waals surface area contributed by atoms with E-state index in [9.17, 15) is 13.6 Å². The molecule has 0 spiro atoms. The van der Waals surface area contributed by atoms with Gasteiger partial charge in [-0.2, -0.15) is 0 Å². The maximum atomic E-state index is 12.9. The Morgan fingerprint density at radius 1 is 1.38 bits per heavy atom. The first-order chi connectivity index (χ1) is 7.66. The largest absolute Gasteiger partial charge is 0.381 e. The number of ketones is 1. The van der Waals surface area contributed by atoms with Crippen molar-refractivity contribution in [2.75, 3.05) is 13.2 Å². The second kappa shape index (κ2) is 4.70. The molecule has 1 unspecified atom stereocenters. The Morgan fingerprint density at radius 3 is 2.81 bits per heavy atom. The van der Waals surface area contributed by atoms with Crippen molar-refractivity contribution in [2.24, 2.45) is 5.92 Å². The van der Waals surface area contributed by atoms with Gasteiger partial charge in [0.05, 0.1) is 0 Å². The maximum absolute atomic E-state index is 12.9. The Balaban J connectivity index is 2.05. The minimum atomic E-state index is -0.978. The Hall–Kier alpha value is -1.29. The fourth-order valence-corrected chi connectivity index (χ4v) is 1.79. The summed E-state index contributed by atoms with van der Waals surface area (Å²) in [4.78, 5) is 11.7. The summed E-state index contributed by atoms with van der Waals surface area (Å²) in [5, 5.41) is 0. The molecule has 1 atom stereocenters. The van der Waals surface area contributed by atoms with E-state index >= 15 is 0 Å². The fraction of sp³-hybridized carbons (Fsp3) is 0.417. The number of ether oxygens (including phenoxy) is 1. The van der Waals surface area contributed by atoms with Crippen molar-refractivity contribution in [1.29, 1.82) is 0 Å². The number of benzene rings is 1. The number of Topliss-reactive ketones (excluding diaryl/α,β-unsaturated/α-hetero) is 1. The lowest BCUT2D eigenvalue weighted by Crippen LogP contribution is -2.09. The first-order valence-corrected chi connectivity index (χ1v) is 5.23.